The van der Waals surface area contributed by atoms with Crippen LogP contribution < -0.4 is 5.32 Å². The zero-order valence-corrected chi connectivity index (χ0v) is 13.8. The van der Waals surface area contributed by atoms with E-state index < -0.39 is 0 Å². The molecule has 0 spiro atoms. The van der Waals surface area contributed by atoms with Gasteiger partial charge in [-0.3, -0.25) is 4.79 Å². The second-order valence-corrected chi connectivity index (χ2v) is 5.96. The Morgan fingerprint density at radius 1 is 1.35 bits per heavy atom. The first-order chi connectivity index (χ1) is 9.41. The molecule has 0 atom stereocenters. The van der Waals surface area contributed by atoms with Crippen molar-refractivity contribution in [3.05, 3.63) is 33.8 Å². The molecule has 0 aliphatic rings. The van der Waals surface area contributed by atoms with Crippen LogP contribution in [0.1, 0.15) is 32.3 Å². The normalized spacial score (nSPS) is 10.9. The summed E-state index contributed by atoms with van der Waals surface area (Å²) < 4.78 is 0. The molecule has 1 amide bonds. The third-order valence-corrected chi connectivity index (χ3v) is 3.84. The summed E-state index contributed by atoms with van der Waals surface area (Å²) in [7, 11) is 1.79. The van der Waals surface area contributed by atoms with E-state index in [1.165, 1.54) is 0 Å². The van der Waals surface area contributed by atoms with E-state index in [0.717, 1.165) is 18.5 Å². The number of amides is 1. The Morgan fingerprint density at radius 2 is 2.05 bits per heavy atom. The average molecular weight is 317 g/mol. The van der Waals surface area contributed by atoms with E-state index in [0.29, 0.717) is 29.1 Å². The number of nitrogens with zero attached hydrogens (tertiary/aromatic N) is 1. The minimum Gasteiger partial charge on any atom is -0.341 e. The molecule has 0 bridgehead atoms. The maximum atomic E-state index is 12.0. The number of hydrogen-bond donors (Lipinski definition) is 1. The van der Waals surface area contributed by atoms with Crippen molar-refractivity contribution in [1.29, 1.82) is 0 Å². The molecular formula is C15H22Cl2N2O. The van der Waals surface area contributed by atoms with Gasteiger partial charge in [-0.25, -0.2) is 0 Å². The first-order valence-electron chi connectivity index (χ1n) is 6.82. The van der Waals surface area contributed by atoms with Crippen LogP contribution in [0.4, 0.5) is 0 Å². The largest absolute Gasteiger partial charge is 0.341 e. The van der Waals surface area contributed by atoms with Crippen LogP contribution in [0.3, 0.4) is 0 Å². The van der Waals surface area contributed by atoms with E-state index in [1.54, 1.807) is 18.0 Å². The molecule has 0 aliphatic heterocycles. The molecular weight excluding hydrogens is 295 g/mol. The van der Waals surface area contributed by atoms with Gasteiger partial charge < -0.3 is 10.2 Å². The number of carbonyl (C=O) groups excluding carboxylic acids is 1. The topological polar surface area (TPSA) is 32.3 Å². The van der Waals surface area contributed by atoms with Crippen molar-refractivity contribution < 1.29 is 4.79 Å². The van der Waals surface area contributed by atoms with Gasteiger partial charge in [0.05, 0.1) is 10.0 Å². The van der Waals surface area contributed by atoms with E-state index in [1.807, 2.05) is 12.1 Å². The molecule has 3 nitrogen and oxygen atoms in total. The Bertz CT molecular complexity index is 449. The summed E-state index contributed by atoms with van der Waals surface area (Å²) in [4.78, 5) is 13.7. The van der Waals surface area contributed by atoms with Crippen molar-refractivity contribution in [2.75, 3.05) is 13.6 Å². The molecule has 0 fully saturated rings. The van der Waals surface area contributed by atoms with E-state index in [-0.39, 0.29) is 5.91 Å². The van der Waals surface area contributed by atoms with E-state index in [2.05, 4.69) is 19.2 Å². The molecule has 1 N–H and O–H groups in total. The predicted octanol–water partition coefficient (Wildman–Crippen LogP) is 3.73. The fraction of sp³-hybridized carbons (Fsp3) is 0.533. The number of halogens is 2. The van der Waals surface area contributed by atoms with Crippen molar-refractivity contribution in [3.8, 4) is 0 Å². The second-order valence-electron chi connectivity index (χ2n) is 5.18. The lowest BCUT2D eigenvalue weighted by molar-refractivity contribution is -0.130. The van der Waals surface area contributed by atoms with Crippen LogP contribution in [0, 0.1) is 0 Å². The molecule has 1 aromatic rings. The smallest absolute Gasteiger partial charge is 0.222 e. The highest BCUT2D eigenvalue weighted by molar-refractivity contribution is 6.42. The highest BCUT2D eigenvalue weighted by Crippen LogP contribution is 2.26. The molecule has 0 heterocycles. The van der Waals surface area contributed by atoms with Gasteiger partial charge in [-0.05, 0) is 24.6 Å². The summed E-state index contributed by atoms with van der Waals surface area (Å²) in [6, 6.07) is 5.92. The van der Waals surface area contributed by atoms with Gasteiger partial charge in [-0.2, -0.15) is 0 Å². The van der Waals surface area contributed by atoms with Gasteiger partial charge in [0.2, 0.25) is 5.91 Å². The Kier molecular flexibility index (Phi) is 7.35. The predicted molar refractivity (Wildman–Crippen MR) is 85.3 cm³/mol. The standard InChI is InChI=1S/C15H22Cl2N2O/c1-11(2)18-9-5-8-14(20)19(3)10-12-6-4-7-13(16)15(12)17/h4,6-7,11,18H,5,8-10H2,1-3H3. The molecule has 20 heavy (non-hydrogen) atoms. The lowest BCUT2D eigenvalue weighted by Gasteiger charge is -2.18. The number of rotatable bonds is 7. The molecule has 0 unspecified atom stereocenters. The third kappa shape index (κ3) is 5.70. The summed E-state index contributed by atoms with van der Waals surface area (Å²) in [6.07, 6.45) is 1.37. The summed E-state index contributed by atoms with van der Waals surface area (Å²) in [5, 5.41) is 4.34. The van der Waals surface area contributed by atoms with E-state index >= 15 is 0 Å². The van der Waals surface area contributed by atoms with Crippen molar-refractivity contribution in [1.82, 2.24) is 10.2 Å². The van der Waals surface area contributed by atoms with Crippen LogP contribution in [0.5, 0.6) is 0 Å². The lowest BCUT2D eigenvalue weighted by atomic mass is 10.2. The minimum absolute atomic E-state index is 0.117. The third-order valence-electron chi connectivity index (χ3n) is 2.98. The van der Waals surface area contributed by atoms with E-state index in [4.69, 9.17) is 23.2 Å². The Morgan fingerprint density at radius 3 is 2.70 bits per heavy atom. The number of hydrogen-bond acceptors (Lipinski definition) is 2. The van der Waals surface area contributed by atoms with Crippen LogP contribution >= 0.6 is 23.2 Å². The van der Waals surface area contributed by atoms with Crippen LogP contribution in [0.2, 0.25) is 10.0 Å². The fourth-order valence-corrected chi connectivity index (χ4v) is 2.22. The molecule has 0 radical (unpaired) electrons. The molecule has 0 aliphatic carbocycles. The molecule has 1 rings (SSSR count). The van der Waals surface area contributed by atoms with Gasteiger partial charge in [-0.1, -0.05) is 49.2 Å². The summed E-state index contributed by atoms with van der Waals surface area (Å²) >= 11 is 12.1. The molecule has 0 saturated heterocycles. The van der Waals surface area contributed by atoms with E-state index in [9.17, 15) is 4.79 Å². The number of nitrogens with one attached hydrogen (secondary N) is 1. The quantitative estimate of drug-likeness (QED) is 0.777. The SMILES string of the molecule is CC(C)NCCCC(=O)N(C)Cc1cccc(Cl)c1Cl. The lowest BCUT2D eigenvalue weighted by Crippen LogP contribution is -2.28. The van der Waals surface area contributed by atoms with Gasteiger partial charge >= 0.3 is 0 Å². The molecule has 1 aromatic carbocycles. The minimum atomic E-state index is 0.117. The Hall–Kier alpha value is -0.770. The van der Waals surface area contributed by atoms with Crippen LogP contribution in [0.25, 0.3) is 0 Å². The van der Waals surface area contributed by atoms with Crippen molar-refractivity contribution >= 4 is 29.1 Å². The highest BCUT2D eigenvalue weighted by atomic mass is 35.5. The van der Waals surface area contributed by atoms with Crippen LogP contribution in [0.15, 0.2) is 18.2 Å². The van der Waals surface area contributed by atoms with Crippen molar-refractivity contribution in [2.24, 2.45) is 0 Å². The fourth-order valence-electron chi connectivity index (χ4n) is 1.84. The summed E-state index contributed by atoms with van der Waals surface area (Å²) in [5.41, 5.74) is 0.871. The first-order valence-corrected chi connectivity index (χ1v) is 7.57. The monoisotopic (exact) mass is 316 g/mol. The zero-order valence-electron chi connectivity index (χ0n) is 12.2. The maximum Gasteiger partial charge on any atom is 0.222 e. The van der Waals surface area contributed by atoms with Gasteiger partial charge in [0, 0.05) is 26.1 Å². The van der Waals surface area contributed by atoms with Gasteiger partial charge in [0.1, 0.15) is 0 Å². The van der Waals surface area contributed by atoms with Crippen molar-refractivity contribution in [3.63, 3.8) is 0 Å². The number of benzene rings is 1. The maximum absolute atomic E-state index is 12.0. The van der Waals surface area contributed by atoms with Crippen LogP contribution in [-0.2, 0) is 11.3 Å². The number of carbonyl (C=O) groups is 1. The van der Waals surface area contributed by atoms with Gasteiger partial charge in [0.25, 0.3) is 0 Å². The first kappa shape index (κ1) is 17.3. The molecule has 112 valence electrons. The Balaban J connectivity index is 2.43. The van der Waals surface area contributed by atoms with Crippen molar-refractivity contribution in [2.45, 2.75) is 39.3 Å². The highest BCUT2D eigenvalue weighted by Gasteiger charge is 2.12. The summed E-state index contributed by atoms with van der Waals surface area (Å²) in [6.45, 7) is 5.52. The van der Waals surface area contributed by atoms with Gasteiger partial charge in [-0.15, -0.1) is 0 Å². The molecule has 0 aromatic heterocycles. The van der Waals surface area contributed by atoms with Crippen LogP contribution in [-0.4, -0.2) is 30.4 Å². The second kappa shape index (κ2) is 8.50. The average Bonchev–Trinajstić information content (AvgIpc) is 2.39. The molecule has 5 heteroatoms. The Labute approximate surface area is 131 Å². The zero-order chi connectivity index (χ0) is 15.1. The molecule has 0 saturated carbocycles. The van der Waals surface area contributed by atoms with Gasteiger partial charge in [0.15, 0.2) is 0 Å². The summed E-state index contributed by atoms with van der Waals surface area (Å²) in [5.74, 6) is 0.117.